The van der Waals surface area contributed by atoms with Gasteiger partial charge in [-0.3, -0.25) is 0 Å². The van der Waals surface area contributed by atoms with Crippen molar-refractivity contribution in [2.24, 2.45) is 0 Å². The van der Waals surface area contributed by atoms with Gasteiger partial charge >= 0.3 is 0 Å². The molecule has 0 radical (unpaired) electrons. The fourth-order valence-corrected chi connectivity index (χ4v) is 2.45. The zero-order chi connectivity index (χ0) is 10.2. The lowest BCUT2D eigenvalue weighted by atomic mass is 9.88. The van der Waals surface area contributed by atoms with Crippen LogP contribution in [0.2, 0.25) is 0 Å². The first kappa shape index (κ1) is 10.4. The molecule has 2 aliphatic heterocycles. The summed E-state index contributed by atoms with van der Waals surface area (Å²) in [6, 6.07) is 0.471. The van der Waals surface area contributed by atoms with E-state index in [0.717, 1.165) is 26.0 Å². The highest BCUT2D eigenvalue weighted by Gasteiger charge is 2.41. The summed E-state index contributed by atoms with van der Waals surface area (Å²) < 4.78 is 11.7. The molecule has 0 aromatic rings. The number of hydrogen-bond acceptors (Lipinski definition) is 3. The standard InChI is InChI=1S/C11H21NO2/c1-8-6-11(4-5-13-8)7-12-9(2)10(3)14-11/h8-10,12H,4-7H2,1-3H3. The molecular formula is C11H21NO2. The van der Waals surface area contributed by atoms with Gasteiger partial charge < -0.3 is 14.8 Å². The number of ether oxygens (including phenoxy) is 2. The van der Waals surface area contributed by atoms with E-state index in [4.69, 9.17) is 9.47 Å². The fraction of sp³-hybridized carbons (Fsp3) is 1.00. The van der Waals surface area contributed by atoms with Crippen LogP contribution in [-0.4, -0.2) is 37.0 Å². The van der Waals surface area contributed by atoms with Crippen molar-refractivity contribution >= 4 is 0 Å². The van der Waals surface area contributed by atoms with Crippen LogP contribution in [0.15, 0.2) is 0 Å². The number of morpholine rings is 1. The van der Waals surface area contributed by atoms with E-state index in [-0.39, 0.29) is 5.60 Å². The van der Waals surface area contributed by atoms with E-state index in [2.05, 4.69) is 26.1 Å². The molecule has 1 N–H and O–H groups in total. The van der Waals surface area contributed by atoms with Gasteiger partial charge in [0.25, 0.3) is 0 Å². The van der Waals surface area contributed by atoms with Crippen LogP contribution in [0.1, 0.15) is 33.6 Å². The van der Waals surface area contributed by atoms with Gasteiger partial charge in [-0.2, -0.15) is 0 Å². The molecule has 0 saturated carbocycles. The van der Waals surface area contributed by atoms with Crippen LogP contribution < -0.4 is 5.32 Å². The minimum absolute atomic E-state index is 0.0452. The minimum atomic E-state index is 0.0452. The average molecular weight is 199 g/mol. The molecule has 2 heterocycles. The van der Waals surface area contributed by atoms with E-state index in [0.29, 0.717) is 18.2 Å². The lowest BCUT2D eigenvalue weighted by Gasteiger charge is -2.47. The summed E-state index contributed by atoms with van der Waals surface area (Å²) in [4.78, 5) is 0. The third kappa shape index (κ3) is 1.95. The Morgan fingerprint density at radius 3 is 2.71 bits per heavy atom. The molecule has 0 aromatic carbocycles. The highest BCUT2D eigenvalue weighted by Crippen LogP contribution is 2.32. The maximum Gasteiger partial charge on any atom is 0.0857 e. The van der Waals surface area contributed by atoms with Crippen molar-refractivity contribution in [2.75, 3.05) is 13.2 Å². The van der Waals surface area contributed by atoms with Crippen molar-refractivity contribution in [3.05, 3.63) is 0 Å². The summed E-state index contributed by atoms with van der Waals surface area (Å²) >= 11 is 0. The van der Waals surface area contributed by atoms with Crippen molar-refractivity contribution in [1.29, 1.82) is 0 Å². The molecule has 82 valence electrons. The molecule has 0 amide bonds. The second kappa shape index (κ2) is 3.80. The monoisotopic (exact) mass is 199 g/mol. The number of hydrogen-bond donors (Lipinski definition) is 1. The molecule has 2 aliphatic rings. The molecule has 3 nitrogen and oxygen atoms in total. The average Bonchev–Trinajstić information content (AvgIpc) is 2.12. The van der Waals surface area contributed by atoms with Crippen LogP contribution in [0, 0.1) is 0 Å². The SMILES string of the molecule is CC1CC2(CCO1)CNC(C)C(C)O2. The summed E-state index contributed by atoms with van der Waals surface area (Å²) in [5.74, 6) is 0. The van der Waals surface area contributed by atoms with Gasteiger partial charge in [0.15, 0.2) is 0 Å². The second-order valence-electron chi connectivity index (χ2n) is 4.81. The lowest BCUT2D eigenvalue weighted by Crippen LogP contribution is -2.60. The van der Waals surface area contributed by atoms with Gasteiger partial charge in [-0.15, -0.1) is 0 Å². The van der Waals surface area contributed by atoms with Crippen molar-refractivity contribution in [3.63, 3.8) is 0 Å². The molecule has 2 fully saturated rings. The predicted octanol–water partition coefficient (Wildman–Crippen LogP) is 1.32. The zero-order valence-corrected chi connectivity index (χ0v) is 9.38. The Morgan fingerprint density at radius 2 is 2.07 bits per heavy atom. The van der Waals surface area contributed by atoms with E-state index < -0.39 is 0 Å². The first-order chi connectivity index (χ1) is 6.61. The molecule has 1 spiro atoms. The lowest BCUT2D eigenvalue weighted by molar-refractivity contribution is -0.180. The van der Waals surface area contributed by atoms with Crippen LogP contribution in [0.5, 0.6) is 0 Å². The molecule has 2 saturated heterocycles. The molecule has 4 atom stereocenters. The highest BCUT2D eigenvalue weighted by atomic mass is 16.5. The van der Waals surface area contributed by atoms with Crippen molar-refractivity contribution in [2.45, 2.75) is 57.5 Å². The number of nitrogens with one attached hydrogen (secondary N) is 1. The Hall–Kier alpha value is -0.120. The van der Waals surface area contributed by atoms with Crippen molar-refractivity contribution < 1.29 is 9.47 Å². The Morgan fingerprint density at radius 1 is 1.29 bits per heavy atom. The third-order valence-electron chi connectivity index (χ3n) is 3.51. The van der Waals surface area contributed by atoms with Gasteiger partial charge in [-0.05, 0) is 20.8 Å². The maximum atomic E-state index is 6.15. The summed E-state index contributed by atoms with van der Waals surface area (Å²) in [5, 5.41) is 3.53. The van der Waals surface area contributed by atoms with Crippen molar-refractivity contribution in [1.82, 2.24) is 5.32 Å². The van der Waals surface area contributed by atoms with E-state index in [9.17, 15) is 0 Å². The molecule has 3 heteroatoms. The smallest absolute Gasteiger partial charge is 0.0857 e. The number of rotatable bonds is 0. The predicted molar refractivity (Wildman–Crippen MR) is 55.4 cm³/mol. The minimum Gasteiger partial charge on any atom is -0.378 e. The Labute approximate surface area is 86.2 Å². The maximum absolute atomic E-state index is 6.15. The zero-order valence-electron chi connectivity index (χ0n) is 9.38. The highest BCUT2D eigenvalue weighted by molar-refractivity contribution is 4.94. The van der Waals surface area contributed by atoms with Crippen LogP contribution in [0.25, 0.3) is 0 Å². The van der Waals surface area contributed by atoms with E-state index >= 15 is 0 Å². The first-order valence-electron chi connectivity index (χ1n) is 5.64. The molecule has 0 aliphatic carbocycles. The Kier molecular flexibility index (Phi) is 2.82. The van der Waals surface area contributed by atoms with Crippen LogP contribution >= 0.6 is 0 Å². The van der Waals surface area contributed by atoms with Crippen LogP contribution in [0.4, 0.5) is 0 Å². The van der Waals surface area contributed by atoms with Crippen LogP contribution in [0.3, 0.4) is 0 Å². The largest absolute Gasteiger partial charge is 0.378 e. The molecule has 0 aromatic heterocycles. The molecule has 4 unspecified atom stereocenters. The normalized spacial score (nSPS) is 49.5. The van der Waals surface area contributed by atoms with Crippen LogP contribution in [-0.2, 0) is 9.47 Å². The Balaban J connectivity index is 2.01. The quantitative estimate of drug-likeness (QED) is 0.638. The summed E-state index contributed by atoms with van der Waals surface area (Å²) in [6.07, 6.45) is 2.71. The summed E-state index contributed by atoms with van der Waals surface area (Å²) in [5.41, 5.74) is 0.0452. The van der Waals surface area contributed by atoms with Gasteiger partial charge in [0, 0.05) is 32.0 Å². The van der Waals surface area contributed by atoms with Gasteiger partial charge in [-0.1, -0.05) is 0 Å². The van der Waals surface area contributed by atoms with E-state index in [1.54, 1.807) is 0 Å². The Bertz CT molecular complexity index is 209. The first-order valence-corrected chi connectivity index (χ1v) is 5.64. The third-order valence-corrected chi connectivity index (χ3v) is 3.51. The van der Waals surface area contributed by atoms with Crippen molar-refractivity contribution in [3.8, 4) is 0 Å². The van der Waals surface area contributed by atoms with Gasteiger partial charge in [-0.25, -0.2) is 0 Å². The molecule has 0 bridgehead atoms. The molecule has 2 rings (SSSR count). The molecule has 14 heavy (non-hydrogen) atoms. The molecular weight excluding hydrogens is 178 g/mol. The van der Waals surface area contributed by atoms with Gasteiger partial charge in [0.2, 0.25) is 0 Å². The van der Waals surface area contributed by atoms with Gasteiger partial charge in [0.05, 0.1) is 17.8 Å². The van der Waals surface area contributed by atoms with E-state index in [1.807, 2.05) is 0 Å². The van der Waals surface area contributed by atoms with E-state index in [1.165, 1.54) is 0 Å². The topological polar surface area (TPSA) is 30.5 Å². The fourth-order valence-electron chi connectivity index (χ4n) is 2.45. The van der Waals surface area contributed by atoms with Gasteiger partial charge in [0.1, 0.15) is 0 Å². The second-order valence-corrected chi connectivity index (χ2v) is 4.81. The summed E-state index contributed by atoms with van der Waals surface area (Å²) in [6.45, 7) is 8.28. The summed E-state index contributed by atoms with van der Waals surface area (Å²) in [7, 11) is 0.